The SMILES string of the molecule is CCCCC[N+]1(CCCC)CCCC(S(=O)(=O)C(F)(F)C(F)(F)F)(S(=O)(=O)C(F)(F)C(F)(F)F)C1(C)C.CCC[N+]1(C)CCCCC1. The molecule has 1 atom stereocenters. The second-order valence-corrected chi connectivity index (χ2v) is 18.4. The number of halogens is 10. The van der Waals surface area contributed by atoms with E-state index in [1.54, 1.807) is 13.8 Å². The summed E-state index contributed by atoms with van der Waals surface area (Å²) in [6, 6.07) is 0. The van der Waals surface area contributed by atoms with Crippen LogP contribution in [0.2, 0.25) is 0 Å². The molecule has 0 aliphatic carbocycles. The van der Waals surface area contributed by atoms with Crippen LogP contribution < -0.4 is 0 Å². The lowest BCUT2D eigenvalue weighted by Gasteiger charge is -2.61. The molecule has 2 aliphatic rings. The summed E-state index contributed by atoms with van der Waals surface area (Å²) in [5.74, 6) is 0. The maximum atomic E-state index is 14.6. The molecule has 6 nitrogen and oxygen atoms in total. The van der Waals surface area contributed by atoms with Gasteiger partial charge in [-0.3, -0.25) is 0 Å². The molecule has 0 saturated carbocycles. The summed E-state index contributed by atoms with van der Waals surface area (Å²) in [7, 11) is -12.9. The molecule has 0 radical (unpaired) electrons. The van der Waals surface area contributed by atoms with Crippen molar-refractivity contribution in [2.24, 2.45) is 0 Å². The number of nitrogens with zero attached hydrogens (tertiary/aromatic N) is 2. The Morgan fingerprint density at radius 2 is 1.00 bits per heavy atom. The van der Waals surface area contributed by atoms with Crippen LogP contribution in [0.15, 0.2) is 0 Å². The van der Waals surface area contributed by atoms with Crippen molar-refractivity contribution < 1.29 is 69.7 Å². The molecule has 282 valence electrons. The Hall–Kier alpha value is -0.880. The minimum atomic E-state index is -7.66. The molecule has 0 bridgehead atoms. The molecular weight excluding hydrogens is 694 g/mol. The summed E-state index contributed by atoms with van der Waals surface area (Å²) >= 11 is 0. The molecule has 0 N–H and O–H groups in total. The van der Waals surface area contributed by atoms with Gasteiger partial charge in [-0.2, -0.15) is 43.9 Å². The van der Waals surface area contributed by atoms with Crippen LogP contribution in [0, 0.1) is 0 Å². The molecule has 0 aromatic carbocycles. The number of rotatable bonds is 13. The Bertz CT molecular complexity index is 1170. The van der Waals surface area contributed by atoms with Gasteiger partial charge in [0.15, 0.2) is 0 Å². The maximum Gasteiger partial charge on any atom is 0.469 e. The predicted octanol–water partition coefficient (Wildman–Crippen LogP) is 8.23. The van der Waals surface area contributed by atoms with Crippen LogP contribution in [-0.4, -0.2) is 105 Å². The quantitative estimate of drug-likeness (QED) is 0.108. The van der Waals surface area contributed by atoms with E-state index in [9.17, 15) is 60.7 Å². The highest BCUT2D eigenvalue weighted by Gasteiger charge is 2.88. The molecule has 2 rings (SSSR count). The molecule has 0 aromatic heterocycles. The minimum Gasteiger partial charge on any atom is -0.326 e. The van der Waals surface area contributed by atoms with Gasteiger partial charge in [-0.15, -0.1) is 0 Å². The molecule has 0 amide bonds. The molecule has 1 unspecified atom stereocenters. The van der Waals surface area contributed by atoms with Crippen molar-refractivity contribution in [1.29, 1.82) is 0 Å². The van der Waals surface area contributed by atoms with Gasteiger partial charge in [-0.1, -0.05) is 33.6 Å². The summed E-state index contributed by atoms with van der Waals surface area (Å²) in [5.41, 5.74) is -2.98. The lowest BCUT2D eigenvalue weighted by atomic mass is 9.84. The van der Waals surface area contributed by atoms with Gasteiger partial charge < -0.3 is 8.97 Å². The van der Waals surface area contributed by atoms with Gasteiger partial charge in [0.1, 0.15) is 5.54 Å². The van der Waals surface area contributed by atoms with Crippen molar-refractivity contribution >= 4 is 19.7 Å². The van der Waals surface area contributed by atoms with E-state index in [4.69, 9.17) is 0 Å². The number of alkyl halides is 10. The van der Waals surface area contributed by atoms with Crippen molar-refractivity contribution in [2.75, 3.05) is 46.3 Å². The van der Waals surface area contributed by atoms with E-state index < -0.39 is 69.5 Å². The zero-order valence-corrected chi connectivity index (χ0v) is 29.8. The van der Waals surface area contributed by atoms with Crippen LogP contribution in [0.3, 0.4) is 0 Å². The van der Waals surface area contributed by atoms with Crippen LogP contribution in [0.25, 0.3) is 0 Å². The summed E-state index contributed by atoms with van der Waals surface area (Å²) < 4.78 is 187. The lowest BCUT2D eigenvalue weighted by molar-refractivity contribution is -0.978. The minimum absolute atomic E-state index is 0.136. The van der Waals surface area contributed by atoms with E-state index in [2.05, 4.69) is 14.0 Å². The molecule has 0 aromatic rings. The molecule has 2 fully saturated rings. The average Bonchev–Trinajstić information content (AvgIpc) is 2.92. The molecule has 2 aliphatic heterocycles. The van der Waals surface area contributed by atoms with Crippen molar-refractivity contribution in [3.63, 3.8) is 0 Å². The van der Waals surface area contributed by atoms with E-state index in [1.807, 2.05) is 0 Å². The third-order valence-corrected chi connectivity index (χ3v) is 16.5. The average molecular weight is 747 g/mol. The third-order valence-electron chi connectivity index (χ3n) is 10.2. The first kappa shape index (κ1) is 44.1. The first-order valence-corrected chi connectivity index (χ1v) is 19.1. The summed E-state index contributed by atoms with van der Waals surface area (Å²) in [4.78, 5) is 0. The number of hydrogen-bond acceptors (Lipinski definition) is 4. The number of likely N-dealkylation sites (tertiary alicyclic amines) is 2. The standard InChI is InChI=1S/C20H32F10NO4S2.C9H20N/c1-5-7-9-13-31(12-8-6-2)14-10-11-16(15(31,3)4,36(32,33)19(27,28)17(21,22)23)37(34,35)20(29,30)18(24,25)26;1-3-7-10(2)8-5-4-6-9-10/h5-14H2,1-4H3;3-9H2,1-2H3/q2*+1. The monoisotopic (exact) mass is 746 g/mol. The Labute approximate surface area is 273 Å². The largest absolute Gasteiger partial charge is 0.469 e. The topological polar surface area (TPSA) is 68.3 Å². The van der Waals surface area contributed by atoms with Gasteiger partial charge in [0.25, 0.3) is 19.7 Å². The Morgan fingerprint density at radius 3 is 1.38 bits per heavy atom. The number of piperidine rings is 2. The number of hydrogen-bond donors (Lipinski definition) is 0. The zero-order valence-electron chi connectivity index (χ0n) is 28.1. The first-order valence-electron chi connectivity index (χ1n) is 16.2. The highest BCUT2D eigenvalue weighted by Crippen LogP contribution is 2.61. The van der Waals surface area contributed by atoms with E-state index in [-0.39, 0.29) is 32.5 Å². The van der Waals surface area contributed by atoms with Gasteiger partial charge in [0, 0.05) is 0 Å². The van der Waals surface area contributed by atoms with Crippen molar-refractivity contribution in [3.8, 4) is 0 Å². The van der Waals surface area contributed by atoms with Gasteiger partial charge in [-0.05, 0) is 71.6 Å². The Kier molecular flexibility index (Phi) is 14.2. The molecular formula is C29H52F10N2O4S2+2. The smallest absolute Gasteiger partial charge is 0.326 e. The third kappa shape index (κ3) is 7.74. The van der Waals surface area contributed by atoms with Crippen LogP contribution in [0.1, 0.15) is 105 Å². The number of quaternary nitrogens is 2. The second kappa shape index (κ2) is 15.2. The summed E-state index contributed by atoms with van der Waals surface area (Å²) in [5, 5.41) is -13.9. The summed E-state index contributed by atoms with van der Waals surface area (Å²) in [6.07, 6.45) is -9.31. The van der Waals surface area contributed by atoms with Gasteiger partial charge in [0.05, 0.1) is 46.3 Å². The van der Waals surface area contributed by atoms with Crippen LogP contribution in [-0.2, 0) is 19.7 Å². The highest BCUT2D eigenvalue weighted by molar-refractivity contribution is 8.11. The van der Waals surface area contributed by atoms with E-state index in [0.29, 0.717) is 33.1 Å². The second-order valence-electron chi connectivity index (χ2n) is 13.7. The van der Waals surface area contributed by atoms with E-state index >= 15 is 0 Å². The fraction of sp³-hybridized carbons (Fsp3) is 1.00. The van der Waals surface area contributed by atoms with Crippen LogP contribution >= 0.6 is 0 Å². The van der Waals surface area contributed by atoms with Gasteiger partial charge in [0.2, 0.25) is 4.08 Å². The van der Waals surface area contributed by atoms with E-state index in [0.717, 1.165) is 0 Å². The van der Waals surface area contributed by atoms with Crippen molar-refractivity contribution in [1.82, 2.24) is 0 Å². The fourth-order valence-corrected chi connectivity index (χ4v) is 13.2. The summed E-state index contributed by atoms with van der Waals surface area (Å²) in [6.45, 7) is 10.3. The number of sulfone groups is 2. The maximum absolute atomic E-state index is 14.6. The molecule has 18 heteroatoms. The Morgan fingerprint density at radius 1 is 0.574 bits per heavy atom. The molecule has 2 heterocycles. The van der Waals surface area contributed by atoms with E-state index in [1.165, 1.54) is 49.8 Å². The molecule has 2 saturated heterocycles. The molecule has 47 heavy (non-hydrogen) atoms. The zero-order chi connectivity index (χ0) is 37.0. The molecule has 0 spiro atoms. The number of unbranched alkanes of at least 4 members (excludes halogenated alkanes) is 3. The Balaban J connectivity index is 0.000000933. The van der Waals surface area contributed by atoms with Gasteiger partial charge >= 0.3 is 22.9 Å². The van der Waals surface area contributed by atoms with Crippen molar-refractivity contribution in [2.45, 2.75) is 138 Å². The van der Waals surface area contributed by atoms with Gasteiger partial charge in [-0.25, -0.2) is 16.8 Å². The first-order chi connectivity index (χ1) is 21.1. The lowest BCUT2D eigenvalue weighted by Crippen LogP contribution is -2.82. The van der Waals surface area contributed by atoms with Crippen LogP contribution in [0.5, 0.6) is 0 Å². The van der Waals surface area contributed by atoms with Crippen LogP contribution in [0.4, 0.5) is 43.9 Å². The normalized spacial score (nSPS) is 23.9. The van der Waals surface area contributed by atoms with Crippen molar-refractivity contribution in [3.05, 3.63) is 0 Å². The highest BCUT2D eigenvalue weighted by atomic mass is 32.3. The fourth-order valence-electron chi connectivity index (χ4n) is 7.41. The predicted molar refractivity (Wildman–Crippen MR) is 160 cm³/mol.